The number of nitrogens with two attached hydrogens (primary N) is 1. The standard InChI is InChI=1S/C27H31F3N4O10/c1-34(2)19-12-7-10-6-11-14(44-27(28,29)30)8-13(33-15(35)9-32-4-5-43-3)20(36)17(11)21(37)16(10)23(39)26(12,42)24(40)18(22(19)38)25(31)41/h8,10,12,19,32,36-37,40,42H,4-7,9H2,1-3H3,(H2,31,41)(H,33,35)/t10-,12-,19-,26-/m0/s1. The van der Waals surface area contributed by atoms with Crippen LogP contribution in [0.1, 0.15) is 17.5 Å². The highest BCUT2D eigenvalue weighted by Gasteiger charge is 2.64. The number of carbonyl (C=O) groups is 4. The van der Waals surface area contributed by atoms with Crippen molar-refractivity contribution >= 4 is 34.8 Å². The molecule has 0 unspecified atom stereocenters. The second kappa shape index (κ2) is 11.7. The van der Waals surface area contributed by atoms with Gasteiger partial charge in [-0.2, -0.15) is 0 Å². The number of hydrogen-bond acceptors (Lipinski definition) is 12. The van der Waals surface area contributed by atoms with E-state index >= 15 is 0 Å². The predicted molar refractivity (Wildman–Crippen MR) is 144 cm³/mol. The van der Waals surface area contributed by atoms with Crippen LogP contribution in [-0.4, -0.2) is 108 Å². The van der Waals surface area contributed by atoms with Crippen LogP contribution in [0.2, 0.25) is 0 Å². The number of nitrogens with one attached hydrogen (secondary N) is 2. The molecule has 0 aromatic heterocycles. The Morgan fingerprint density at radius 3 is 2.43 bits per heavy atom. The van der Waals surface area contributed by atoms with E-state index in [2.05, 4.69) is 15.4 Å². The summed E-state index contributed by atoms with van der Waals surface area (Å²) >= 11 is 0. The van der Waals surface area contributed by atoms with Crippen molar-refractivity contribution in [2.24, 2.45) is 17.6 Å². The first-order chi connectivity index (χ1) is 20.4. The van der Waals surface area contributed by atoms with Crippen molar-refractivity contribution in [2.75, 3.05) is 46.2 Å². The summed E-state index contributed by atoms with van der Waals surface area (Å²) in [5.74, 6) is -11.3. The first-order valence-corrected chi connectivity index (χ1v) is 13.2. The molecule has 44 heavy (non-hydrogen) atoms. The highest BCUT2D eigenvalue weighted by Crippen LogP contribution is 2.55. The number of anilines is 1. The number of ether oxygens (including phenoxy) is 2. The Morgan fingerprint density at radius 2 is 1.86 bits per heavy atom. The molecule has 17 heteroatoms. The molecule has 8 N–H and O–H groups in total. The number of aromatic hydroxyl groups is 1. The number of hydrogen-bond donors (Lipinski definition) is 7. The number of phenolic OH excluding ortho intramolecular Hbond substituents is 1. The third kappa shape index (κ3) is 5.47. The Bertz CT molecular complexity index is 1490. The Kier molecular flexibility index (Phi) is 8.71. The van der Waals surface area contributed by atoms with Crippen molar-refractivity contribution in [3.63, 3.8) is 0 Å². The second-order valence-corrected chi connectivity index (χ2v) is 10.9. The van der Waals surface area contributed by atoms with Gasteiger partial charge in [0, 0.05) is 36.8 Å². The number of methoxy groups -OCH3 is 1. The summed E-state index contributed by atoms with van der Waals surface area (Å²) in [5, 5.41) is 49.8. The van der Waals surface area contributed by atoms with Crippen LogP contribution in [0.5, 0.6) is 11.5 Å². The van der Waals surface area contributed by atoms with Crippen LogP contribution >= 0.6 is 0 Å². The van der Waals surface area contributed by atoms with Gasteiger partial charge in [0.05, 0.1) is 30.4 Å². The van der Waals surface area contributed by atoms with E-state index in [1.807, 2.05) is 0 Å². The van der Waals surface area contributed by atoms with Gasteiger partial charge in [-0.1, -0.05) is 0 Å². The first-order valence-electron chi connectivity index (χ1n) is 13.2. The summed E-state index contributed by atoms with van der Waals surface area (Å²) in [5.41, 5.74) is -0.916. The summed E-state index contributed by atoms with van der Waals surface area (Å²) in [6, 6.07) is -0.657. The number of aliphatic hydroxyl groups excluding tert-OH is 2. The molecule has 14 nitrogen and oxygen atoms in total. The van der Waals surface area contributed by atoms with Gasteiger partial charge in [-0.25, -0.2) is 0 Å². The highest BCUT2D eigenvalue weighted by molar-refractivity contribution is 6.24. The number of alkyl halides is 3. The van der Waals surface area contributed by atoms with Crippen molar-refractivity contribution in [3.8, 4) is 11.5 Å². The molecular weight excluding hydrogens is 597 g/mol. The van der Waals surface area contributed by atoms with Gasteiger partial charge in [-0.3, -0.25) is 24.1 Å². The lowest BCUT2D eigenvalue weighted by Crippen LogP contribution is -2.65. The molecule has 1 aromatic rings. The average Bonchev–Trinajstić information content (AvgIpc) is 2.90. The lowest BCUT2D eigenvalue weighted by atomic mass is 9.57. The van der Waals surface area contributed by atoms with Crippen LogP contribution in [0.4, 0.5) is 18.9 Å². The van der Waals surface area contributed by atoms with Crippen LogP contribution in [0, 0.1) is 11.8 Å². The molecular formula is C27H31F3N4O10. The van der Waals surface area contributed by atoms with Crippen LogP contribution in [0.25, 0.3) is 5.76 Å². The molecule has 0 radical (unpaired) electrons. The maximum Gasteiger partial charge on any atom is 0.573 e. The monoisotopic (exact) mass is 628 g/mol. The normalized spacial score (nSPS) is 25.0. The number of amides is 2. The number of fused-ring (bicyclic) bond motifs is 3. The minimum Gasteiger partial charge on any atom is -0.508 e. The highest BCUT2D eigenvalue weighted by atomic mass is 19.4. The zero-order valence-corrected chi connectivity index (χ0v) is 23.7. The number of Topliss-reactive ketones (excluding diaryl/α,β-unsaturated/α-hetero) is 2. The zero-order valence-electron chi connectivity index (χ0n) is 23.7. The summed E-state index contributed by atoms with van der Waals surface area (Å²) in [7, 11) is 4.24. The van der Waals surface area contributed by atoms with E-state index in [9.17, 15) is 52.8 Å². The van der Waals surface area contributed by atoms with Crippen molar-refractivity contribution in [3.05, 3.63) is 34.1 Å². The minimum atomic E-state index is -5.25. The van der Waals surface area contributed by atoms with E-state index in [-0.39, 0.29) is 31.7 Å². The first kappa shape index (κ1) is 32.7. The summed E-state index contributed by atoms with van der Waals surface area (Å²) < 4.78 is 49.4. The molecule has 1 fully saturated rings. The average molecular weight is 629 g/mol. The van der Waals surface area contributed by atoms with E-state index in [0.717, 1.165) is 0 Å². The summed E-state index contributed by atoms with van der Waals surface area (Å²) in [6.45, 7) is 0.165. The maximum atomic E-state index is 13.9. The largest absolute Gasteiger partial charge is 0.573 e. The summed E-state index contributed by atoms with van der Waals surface area (Å²) in [6.07, 6.45) is -6.05. The number of phenols is 1. The Labute approximate surface area is 247 Å². The smallest absolute Gasteiger partial charge is 0.508 e. The molecule has 1 saturated carbocycles. The van der Waals surface area contributed by atoms with Gasteiger partial charge in [0.1, 0.15) is 22.8 Å². The number of likely N-dealkylation sites (N-methyl/N-ethyl adjacent to an activating group) is 1. The number of ketones is 2. The number of primary amides is 1. The molecule has 1 aromatic carbocycles. The number of rotatable bonds is 9. The number of aliphatic hydroxyl groups is 3. The van der Waals surface area contributed by atoms with Crippen LogP contribution in [0.15, 0.2) is 23.0 Å². The molecule has 3 aliphatic rings. The lowest BCUT2D eigenvalue weighted by molar-refractivity contribution is -0.275. The zero-order chi connectivity index (χ0) is 32.9. The fourth-order valence-electron chi connectivity index (χ4n) is 6.16. The van der Waals surface area contributed by atoms with E-state index in [1.54, 1.807) is 0 Å². The van der Waals surface area contributed by atoms with Crippen molar-refractivity contribution in [2.45, 2.75) is 30.8 Å². The number of benzene rings is 1. The van der Waals surface area contributed by atoms with Gasteiger partial charge in [0.15, 0.2) is 17.1 Å². The third-order valence-electron chi connectivity index (χ3n) is 7.95. The molecule has 2 amide bonds. The minimum absolute atomic E-state index is 0.250. The lowest BCUT2D eigenvalue weighted by Gasteiger charge is -2.50. The third-order valence-corrected chi connectivity index (χ3v) is 7.95. The predicted octanol–water partition coefficient (Wildman–Crippen LogP) is 0.0371. The molecule has 4 atom stereocenters. The van der Waals surface area contributed by atoms with Crippen molar-refractivity contribution < 1.29 is 62.2 Å². The van der Waals surface area contributed by atoms with Crippen LogP contribution < -0.4 is 21.1 Å². The van der Waals surface area contributed by atoms with Crippen molar-refractivity contribution in [1.82, 2.24) is 10.2 Å². The fourth-order valence-corrected chi connectivity index (χ4v) is 6.16. The second-order valence-electron chi connectivity index (χ2n) is 10.9. The van der Waals surface area contributed by atoms with Crippen LogP contribution in [-0.2, 0) is 30.3 Å². The number of nitrogens with zero attached hydrogens (tertiary/aromatic N) is 1. The molecule has 0 saturated heterocycles. The Hall–Kier alpha value is -4.19. The van der Waals surface area contributed by atoms with Gasteiger partial charge in [0.2, 0.25) is 11.7 Å². The maximum absolute atomic E-state index is 13.9. The molecule has 3 aliphatic carbocycles. The number of halogens is 3. The van der Waals surface area contributed by atoms with Gasteiger partial charge in [-0.05, 0) is 32.9 Å². The Balaban J connectivity index is 1.88. The molecule has 0 spiro atoms. The molecule has 4 rings (SSSR count). The van der Waals surface area contributed by atoms with E-state index in [0.29, 0.717) is 6.07 Å². The van der Waals surface area contributed by atoms with Crippen molar-refractivity contribution in [1.29, 1.82) is 0 Å². The van der Waals surface area contributed by atoms with E-state index < -0.39 is 105 Å². The van der Waals surface area contributed by atoms with E-state index in [4.69, 9.17) is 10.5 Å². The topological polar surface area (TPSA) is 221 Å². The Morgan fingerprint density at radius 1 is 1.20 bits per heavy atom. The summed E-state index contributed by atoms with van der Waals surface area (Å²) in [4.78, 5) is 52.9. The van der Waals surface area contributed by atoms with Crippen LogP contribution in [0.3, 0.4) is 0 Å². The van der Waals surface area contributed by atoms with E-state index in [1.165, 1.54) is 26.1 Å². The van der Waals surface area contributed by atoms with Gasteiger partial charge < -0.3 is 46.3 Å². The van der Waals surface area contributed by atoms with Gasteiger partial charge in [-0.15, -0.1) is 13.2 Å². The van der Waals surface area contributed by atoms with Gasteiger partial charge >= 0.3 is 6.36 Å². The number of carbonyl (C=O) groups excluding carboxylic acids is 4. The van der Waals surface area contributed by atoms with Gasteiger partial charge in [0.25, 0.3) is 5.91 Å². The fraction of sp³-hybridized carbons (Fsp3) is 0.481. The quantitative estimate of drug-likeness (QED) is 0.109. The molecule has 240 valence electrons. The molecule has 0 bridgehead atoms. The molecule has 0 heterocycles. The SMILES string of the molecule is COCCNCC(=O)Nc1cc(OC(F)(F)F)c2c(c1O)C(O)=C1C(=O)[C@]3(O)C(O)=C(C(N)=O)C(=O)[C@@H](N(C)C)[C@@H]3C[C@@H]1C2. The molecule has 0 aliphatic heterocycles.